The van der Waals surface area contributed by atoms with E-state index < -0.39 is 9.84 Å². The Morgan fingerprint density at radius 1 is 1.42 bits per heavy atom. The maximum absolute atomic E-state index is 12.4. The zero-order valence-corrected chi connectivity index (χ0v) is 15.9. The number of sulfone groups is 1. The Balaban J connectivity index is 1.65. The molecule has 1 aliphatic rings. The molecule has 26 heavy (non-hydrogen) atoms. The number of thiazole rings is 1. The van der Waals surface area contributed by atoms with E-state index in [0.29, 0.717) is 30.2 Å². The Bertz CT molecular complexity index is 1080. The molecule has 138 valence electrons. The van der Waals surface area contributed by atoms with Gasteiger partial charge < -0.3 is 4.42 Å². The van der Waals surface area contributed by atoms with Gasteiger partial charge in [0.05, 0.1) is 30.0 Å². The van der Waals surface area contributed by atoms with Crippen molar-refractivity contribution in [2.45, 2.75) is 32.5 Å². The summed E-state index contributed by atoms with van der Waals surface area (Å²) in [5, 5.41) is 1.90. The van der Waals surface area contributed by atoms with Crippen LogP contribution in [0.5, 0.6) is 0 Å². The summed E-state index contributed by atoms with van der Waals surface area (Å²) in [5.74, 6) is 1.09. The minimum Gasteiger partial charge on any atom is -0.468 e. The van der Waals surface area contributed by atoms with Crippen LogP contribution in [0.4, 0.5) is 0 Å². The molecule has 1 saturated heterocycles. The largest absolute Gasteiger partial charge is 0.468 e. The fourth-order valence-corrected chi connectivity index (χ4v) is 6.02. The molecule has 0 spiro atoms. The lowest BCUT2D eigenvalue weighted by Gasteiger charge is -2.26. The van der Waals surface area contributed by atoms with Gasteiger partial charge in [-0.1, -0.05) is 0 Å². The molecule has 0 unspecified atom stereocenters. The number of aromatic nitrogens is 2. The van der Waals surface area contributed by atoms with E-state index in [9.17, 15) is 13.2 Å². The van der Waals surface area contributed by atoms with Crippen LogP contribution in [0.15, 0.2) is 39.1 Å². The normalized spacial score (nSPS) is 19.5. The van der Waals surface area contributed by atoms with E-state index in [1.807, 2.05) is 29.3 Å². The third-order valence-electron chi connectivity index (χ3n) is 4.66. The predicted molar refractivity (Wildman–Crippen MR) is 99.1 cm³/mol. The van der Waals surface area contributed by atoms with Crippen molar-refractivity contribution in [2.24, 2.45) is 0 Å². The number of hydrogen-bond acceptors (Lipinski definition) is 7. The number of hydrogen-bond donors (Lipinski definition) is 0. The number of aryl methyl sites for hydroxylation is 1. The molecule has 0 aliphatic carbocycles. The van der Waals surface area contributed by atoms with Gasteiger partial charge in [0.1, 0.15) is 5.76 Å². The first-order valence-corrected chi connectivity index (χ1v) is 11.0. The number of furan rings is 1. The molecule has 1 aliphatic heterocycles. The minimum absolute atomic E-state index is 0.101. The van der Waals surface area contributed by atoms with Crippen LogP contribution in [-0.4, -0.2) is 40.2 Å². The fraction of sp³-hybridized carbons (Fsp3) is 0.412. The molecule has 0 aromatic carbocycles. The average molecular weight is 393 g/mol. The smallest absolute Gasteiger partial charge is 0.259 e. The molecule has 0 radical (unpaired) electrons. The van der Waals surface area contributed by atoms with Crippen LogP contribution in [-0.2, 0) is 22.9 Å². The highest BCUT2D eigenvalue weighted by Crippen LogP contribution is 2.22. The summed E-state index contributed by atoms with van der Waals surface area (Å²) < 4.78 is 30.9. The first-order chi connectivity index (χ1) is 12.4. The fourth-order valence-electron chi connectivity index (χ4n) is 3.37. The van der Waals surface area contributed by atoms with Gasteiger partial charge in [-0.15, -0.1) is 11.3 Å². The van der Waals surface area contributed by atoms with Crippen molar-refractivity contribution in [3.63, 3.8) is 0 Å². The number of rotatable bonds is 5. The van der Waals surface area contributed by atoms with Gasteiger partial charge in [0, 0.05) is 29.7 Å². The summed E-state index contributed by atoms with van der Waals surface area (Å²) in [6.07, 6.45) is 2.19. The summed E-state index contributed by atoms with van der Waals surface area (Å²) in [4.78, 5) is 19.7. The summed E-state index contributed by atoms with van der Waals surface area (Å²) in [5.41, 5.74) is 1.40. The Hall–Kier alpha value is -1.97. The molecule has 1 fully saturated rings. The van der Waals surface area contributed by atoms with Crippen LogP contribution < -0.4 is 5.56 Å². The van der Waals surface area contributed by atoms with E-state index in [1.54, 1.807) is 10.7 Å². The molecule has 0 N–H and O–H groups in total. The Morgan fingerprint density at radius 3 is 2.96 bits per heavy atom. The van der Waals surface area contributed by atoms with E-state index >= 15 is 0 Å². The standard InChI is InChI=1S/C17H19N3O4S2/c1-12-10-25-17-18-13(7-16(21)20(12)17)8-19(9-15-3-2-5-24-15)14-4-6-26(22,23)11-14/h2-3,5,7,10,14H,4,6,8-9,11H2,1H3/t14-/m1/s1. The van der Waals surface area contributed by atoms with E-state index in [0.717, 1.165) is 11.5 Å². The predicted octanol–water partition coefficient (Wildman–Crippen LogP) is 1.85. The van der Waals surface area contributed by atoms with Crippen molar-refractivity contribution in [2.75, 3.05) is 11.5 Å². The van der Waals surface area contributed by atoms with Gasteiger partial charge in [0.25, 0.3) is 5.56 Å². The van der Waals surface area contributed by atoms with Gasteiger partial charge in [0.15, 0.2) is 14.8 Å². The van der Waals surface area contributed by atoms with Crippen molar-refractivity contribution in [1.82, 2.24) is 14.3 Å². The lowest BCUT2D eigenvalue weighted by molar-refractivity contribution is 0.177. The highest BCUT2D eigenvalue weighted by Gasteiger charge is 2.33. The van der Waals surface area contributed by atoms with Crippen LogP contribution in [0.3, 0.4) is 0 Å². The lowest BCUT2D eigenvalue weighted by Crippen LogP contribution is -2.36. The van der Waals surface area contributed by atoms with Gasteiger partial charge in [-0.25, -0.2) is 13.4 Å². The molecule has 9 heteroatoms. The van der Waals surface area contributed by atoms with Crippen molar-refractivity contribution in [1.29, 1.82) is 0 Å². The highest BCUT2D eigenvalue weighted by atomic mass is 32.2. The maximum atomic E-state index is 12.4. The zero-order valence-electron chi connectivity index (χ0n) is 14.3. The molecular weight excluding hydrogens is 374 g/mol. The van der Waals surface area contributed by atoms with Crippen LogP contribution in [0, 0.1) is 6.92 Å². The van der Waals surface area contributed by atoms with Crippen LogP contribution in [0.25, 0.3) is 4.96 Å². The van der Waals surface area contributed by atoms with Crippen molar-refractivity contribution >= 4 is 26.1 Å². The summed E-state index contributed by atoms with van der Waals surface area (Å²) in [6, 6.07) is 5.11. The molecule has 0 bridgehead atoms. The Morgan fingerprint density at radius 2 is 2.27 bits per heavy atom. The van der Waals surface area contributed by atoms with E-state index in [2.05, 4.69) is 4.98 Å². The van der Waals surface area contributed by atoms with Crippen LogP contribution in [0.2, 0.25) is 0 Å². The third-order valence-corrected chi connectivity index (χ3v) is 7.35. The molecule has 3 aromatic rings. The molecule has 4 rings (SSSR count). The van der Waals surface area contributed by atoms with Crippen molar-refractivity contribution < 1.29 is 12.8 Å². The molecule has 3 aromatic heterocycles. The molecule has 0 saturated carbocycles. The maximum Gasteiger partial charge on any atom is 0.259 e. The topological polar surface area (TPSA) is 84.9 Å². The second-order valence-electron chi connectivity index (χ2n) is 6.62. The highest BCUT2D eigenvalue weighted by molar-refractivity contribution is 7.91. The van der Waals surface area contributed by atoms with Gasteiger partial charge in [-0.2, -0.15) is 0 Å². The first-order valence-electron chi connectivity index (χ1n) is 8.35. The zero-order chi connectivity index (χ0) is 18.3. The van der Waals surface area contributed by atoms with E-state index in [4.69, 9.17) is 4.42 Å². The number of nitrogens with zero attached hydrogens (tertiary/aromatic N) is 3. The minimum atomic E-state index is -3.01. The molecule has 0 amide bonds. The van der Waals surface area contributed by atoms with Crippen molar-refractivity contribution in [3.05, 3.63) is 57.3 Å². The van der Waals surface area contributed by atoms with Crippen molar-refractivity contribution in [3.8, 4) is 0 Å². The Kier molecular flexibility index (Phi) is 4.45. The summed E-state index contributed by atoms with van der Waals surface area (Å²) in [7, 11) is -3.01. The van der Waals surface area contributed by atoms with Crippen LogP contribution >= 0.6 is 11.3 Å². The van der Waals surface area contributed by atoms with E-state index in [1.165, 1.54) is 17.4 Å². The first kappa shape index (κ1) is 17.4. The van der Waals surface area contributed by atoms with Gasteiger partial charge in [0.2, 0.25) is 0 Å². The van der Waals surface area contributed by atoms with Gasteiger partial charge in [-0.3, -0.25) is 14.1 Å². The monoisotopic (exact) mass is 393 g/mol. The molecule has 4 heterocycles. The average Bonchev–Trinajstić information content (AvgIpc) is 3.28. The SMILES string of the molecule is Cc1csc2nc(CN(Cc3ccco3)[C@@H]3CCS(=O)(=O)C3)cc(=O)n12. The molecule has 1 atom stereocenters. The van der Waals surface area contributed by atoms with Gasteiger partial charge >= 0.3 is 0 Å². The molecular formula is C17H19N3O4S2. The lowest BCUT2D eigenvalue weighted by atomic mass is 10.2. The third kappa shape index (κ3) is 3.46. The summed E-state index contributed by atoms with van der Waals surface area (Å²) in [6.45, 7) is 2.76. The second-order valence-corrected chi connectivity index (χ2v) is 9.69. The quantitative estimate of drug-likeness (QED) is 0.658. The van der Waals surface area contributed by atoms with Gasteiger partial charge in [-0.05, 0) is 25.5 Å². The summed E-state index contributed by atoms with van der Waals surface area (Å²) >= 11 is 1.43. The Labute approximate surface area is 154 Å². The second kappa shape index (κ2) is 6.64. The number of fused-ring (bicyclic) bond motifs is 1. The van der Waals surface area contributed by atoms with E-state index in [-0.39, 0.29) is 23.1 Å². The molecule has 7 nitrogen and oxygen atoms in total. The van der Waals surface area contributed by atoms with Crippen LogP contribution in [0.1, 0.15) is 23.6 Å².